The first-order valence-corrected chi connectivity index (χ1v) is 6.30. The van der Waals surface area contributed by atoms with E-state index in [-0.39, 0.29) is 5.69 Å². The second-order valence-electron chi connectivity index (χ2n) is 4.38. The number of hydrogen-bond acceptors (Lipinski definition) is 4. The van der Waals surface area contributed by atoms with Crippen LogP contribution in [0.2, 0.25) is 0 Å². The van der Waals surface area contributed by atoms with Gasteiger partial charge in [-0.2, -0.15) is 0 Å². The third kappa shape index (κ3) is 3.88. The molecule has 0 spiro atoms. The topological polar surface area (TPSA) is 82.5 Å². The van der Waals surface area contributed by atoms with E-state index in [9.17, 15) is 9.90 Å². The second-order valence-corrected chi connectivity index (χ2v) is 4.38. The number of rotatable bonds is 6. The predicted molar refractivity (Wildman–Crippen MR) is 74.3 cm³/mol. The van der Waals surface area contributed by atoms with Crippen LogP contribution >= 0.6 is 0 Å². The molecule has 0 amide bonds. The Hall–Kier alpha value is -2.24. The van der Waals surface area contributed by atoms with Gasteiger partial charge < -0.3 is 15.5 Å². The van der Waals surface area contributed by atoms with Gasteiger partial charge in [0.2, 0.25) is 0 Å². The van der Waals surface area contributed by atoms with E-state index in [2.05, 4.69) is 10.3 Å². The van der Waals surface area contributed by atoms with Crippen LogP contribution in [-0.2, 0) is 6.54 Å². The number of aromatic carboxylic acids is 1. The zero-order valence-electron chi connectivity index (χ0n) is 10.9. The number of carboxylic acid groups (broad SMARTS) is 1. The summed E-state index contributed by atoms with van der Waals surface area (Å²) in [5, 5.41) is 21.9. The number of aliphatic hydroxyl groups excluding tert-OH is 1. The normalized spacial score (nSPS) is 12.1. The number of nitrogens with one attached hydrogen (secondary N) is 1. The van der Waals surface area contributed by atoms with Crippen molar-refractivity contribution in [1.82, 2.24) is 10.3 Å². The van der Waals surface area contributed by atoms with Crippen molar-refractivity contribution in [3.8, 4) is 0 Å². The van der Waals surface area contributed by atoms with Crippen molar-refractivity contribution in [2.24, 2.45) is 0 Å². The van der Waals surface area contributed by atoms with Gasteiger partial charge in [-0.25, -0.2) is 9.78 Å². The van der Waals surface area contributed by atoms with Crippen LogP contribution in [0, 0.1) is 0 Å². The SMILES string of the molecule is O=C(O)c1cccc(CNCC(O)c2ccccc2)n1. The lowest BCUT2D eigenvalue weighted by Crippen LogP contribution is -2.21. The number of carbonyl (C=O) groups is 1. The van der Waals surface area contributed by atoms with Crippen molar-refractivity contribution < 1.29 is 15.0 Å². The number of nitrogens with zero attached hydrogens (tertiary/aromatic N) is 1. The molecular weight excluding hydrogens is 256 g/mol. The highest BCUT2D eigenvalue weighted by Crippen LogP contribution is 2.10. The number of aliphatic hydroxyl groups is 1. The van der Waals surface area contributed by atoms with E-state index in [1.54, 1.807) is 12.1 Å². The fourth-order valence-corrected chi connectivity index (χ4v) is 1.83. The third-order valence-electron chi connectivity index (χ3n) is 2.85. The van der Waals surface area contributed by atoms with Crippen molar-refractivity contribution >= 4 is 5.97 Å². The van der Waals surface area contributed by atoms with Crippen LogP contribution in [0.25, 0.3) is 0 Å². The van der Waals surface area contributed by atoms with Crippen LogP contribution in [0.1, 0.15) is 27.8 Å². The summed E-state index contributed by atoms with van der Waals surface area (Å²) >= 11 is 0. The number of aromatic nitrogens is 1. The Morgan fingerprint density at radius 1 is 1.15 bits per heavy atom. The Morgan fingerprint density at radius 2 is 1.90 bits per heavy atom. The molecular formula is C15H16N2O3. The van der Waals surface area contributed by atoms with Crippen LogP contribution in [0.3, 0.4) is 0 Å². The highest BCUT2D eigenvalue weighted by molar-refractivity contribution is 5.85. The van der Waals surface area contributed by atoms with Gasteiger partial charge >= 0.3 is 5.97 Å². The van der Waals surface area contributed by atoms with E-state index in [1.165, 1.54) is 6.07 Å². The summed E-state index contributed by atoms with van der Waals surface area (Å²) in [7, 11) is 0. The van der Waals surface area contributed by atoms with Gasteiger partial charge in [0.15, 0.2) is 0 Å². The molecule has 1 unspecified atom stereocenters. The van der Waals surface area contributed by atoms with Crippen LogP contribution in [0.4, 0.5) is 0 Å². The zero-order chi connectivity index (χ0) is 14.4. The van der Waals surface area contributed by atoms with Crippen molar-refractivity contribution in [3.05, 3.63) is 65.5 Å². The Bertz CT molecular complexity index is 572. The first-order valence-electron chi connectivity index (χ1n) is 6.30. The van der Waals surface area contributed by atoms with Gasteiger partial charge in [0.25, 0.3) is 0 Å². The molecule has 1 aromatic heterocycles. The average Bonchev–Trinajstić information content (AvgIpc) is 2.48. The minimum Gasteiger partial charge on any atom is -0.477 e. The van der Waals surface area contributed by atoms with Gasteiger partial charge in [0.1, 0.15) is 5.69 Å². The van der Waals surface area contributed by atoms with Gasteiger partial charge in [-0.05, 0) is 17.7 Å². The summed E-state index contributed by atoms with van der Waals surface area (Å²) in [5.74, 6) is -1.05. The summed E-state index contributed by atoms with van der Waals surface area (Å²) in [6.45, 7) is 0.786. The summed E-state index contributed by atoms with van der Waals surface area (Å²) in [6, 6.07) is 14.2. The summed E-state index contributed by atoms with van der Waals surface area (Å²) in [6.07, 6.45) is -0.598. The second kappa shape index (κ2) is 6.79. The van der Waals surface area contributed by atoms with E-state index in [4.69, 9.17) is 5.11 Å². The molecule has 3 N–H and O–H groups in total. The van der Waals surface area contributed by atoms with Crippen molar-refractivity contribution in [3.63, 3.8) is 0 Å². The fourth-order valence-electron chi connectivity index (χ4n) is 1.83. The molecule has 1 atom stereocenters. The molecule has 20 heavy (non-hydrogen) atoms. The molecule has 0 saturated heterocycles. The largest absolute Gasteiger partial charge is 0.477 e. The van der Waals surface area contributed by atoms with Gasteiger partial charge in [-0.1, -0.05) is 36.4 Å². The summed E-state index contributed by atoms with van der Waals surface area (Å²) in [4.78, 5) is 14.8. The number of pyridine rings is 1. The molecule has 0 saturated carbocycles. The molecule has 5 nitrogen and oxygen atoms in total. The maximum atomic E-state index is 10.8. The Labute approximate surface area is 116 Å². The fraction of sp³-hybridized carbons (Fsp3) is 0.200. The van der Waals surface area contributed by atoms with Gasteiger partial charge in [-0.3, -0.25) is 0 Å². The van der Waals surface area contributed by atoms with Crippen molar-refractivity contribution in [2.75, 3.05) is 6.54 Å². The average molecular weight is 272 g/mol. The van der Waals surface area contributed by atoms with E-state index < -0.39 is 12.1 Å². The zero-order valence-corrected chi connectivity index (χ0v) is 10.9. The lowest BCUT2D eigenvalue weighted by atomic mass is 10.1. The maximum absolute atomic E-state index is 10.8. The monoisotopic (exact) mass is 272 g/mol. The first kappa shape index (κ1) is 14.2. The van der Waals surface area contributed by atoms with Crippen molar-refractivity contribution in [2.45, 2.75) is 12.6 Å². The lowest BCUT2D eigenvalue weighted by molar-refractivity contribution is 0.0690. The van der Waals surface area contributed by atoms with Crippen LogP contribution < -0.4 is 5.32 Å². The highest BCUT2D eigenvalue weighted by atomic mass is 16.4. The molecule has 0 aliphatic carbocycles. The molecule has 1 heterocycles. The Morgan fingerprint density at radius 3 is 2.60 bits per heavy atom. The quantitative estimate of drug-likeness (QED) is 0.744. The first-order chi connectivity index (χ1) is 9.66. The minimum absolute atomic E-state index is 0.0212. The minimum atomic E-state index is -1.05. The van der Waals surface area contributed by atoms with Gasteiger partial charge in [-0.15, -0.1) is 0 Å². The van der Waals surface area contributed by atoms with E-state index >= 15 is 0 Å². The van der Waals surface area contributed by atoms with Gasteiger partial charge in [0, 0.05) is 13.1 Å². The van der Waals surface area contributed by atoms with Crippen molar-refractivity contribution in [1.29, 1.82) is 0 Å². The Kier molecular flexibility index (Phi) is 4.81. The van der Waals surface area contributed by atoms with Crippen LogP contribution in [0.15, 0.2) is 48.5 Å². The molecule has 1 aromatic carbocycles. The summed E-state index contributed by atoms with van der Waals surface area (Å²) in [5.41, 5.74) is 1.49. The molecule has 0 aliphatic heterocycles. The molecule has 5 heteroatoms. The number of carboxylic acids is 1. The van der Waals surface area contributed by atoms with Gasteiger partial charge in [0.05, 0.1) is 11.8 Å². The van der Waals surface area contributed by atoms with Crippen LogP contribution in [0.5, 0.6) is 0 Å². The lowest BCUT2D eigenvalue weighted by Gasteiger charge is -2.12. The number of benzene rings is 1. The van der Waals surface area contributed by atoms with E-state index in [1.807, 2.05) is 30.3 Å². The smallest absolute Gasteiger partial charge is 0.354 e. The van der Waals surface area contributed by atoms with E-state index in [0.717, 1.165) is 5.56 Å². The molecule has 0 fully saturated rings. The molecule has 2 aromatic rings. The third-order valence-corrected chi connectivity index (χ3v) is 2.85. The molecule has 0 bridgehead atoms. The maximum Gasteiger partial charge on any atom is 0.354 e. The molecule has 0 aliphatic rings. The number of hydrogen-bond donors (Lipinski definition) is 3. The Balaban J connectivity index is 1.87. The highest BCUT2D eigenvalue weighted by Gasteiger charge is 2.07. The standard InChI is InChI=1S/C15H16N2O3/c18-14(11-5-2-1-3-6-11)10-16-9-12-7-4-8-13(17-12)15(19)20/h1-8,14,16,18H,9-10H2,(H,19,20). The predicted octanol–water partition coefficient (Wildman–Crippen LogP) is 1.60. The summed E-state index contributed by atoms with van der Waals surface area (Å²) < 4.78 is 0. The van der Waals surface area contributed by atoms with Crippen LogP contribution in [-0.4, -0.2) is 27.7 Å². The molecule has 2 rings (SSSR count). The molecule has 104 valence electrons. The van der Waals surface area contributed by atoms with E-state index in [0.29, 0.717) is 18.8 Å². The molecule has 0 radical (unpaired) electrons.